The summed E-state index contributed by atoms with van der Waals surface area (Å²) in [5.74, 6) is -0.481. The van der Waals surface area contributed by atoms with Crippen LogP contribution in [0.1, 0.15) is 54.4 Å². The minimum Gasteiger partial charge on any atom is -0.462 e. The van der Waals surface area contributed by atoms with Gasteiger partial charge in [-0.15, -0.1) is 0 Å². The first-order chi connectivity index (χ1) is 11.0. The Hall–Kier alpha value is -1.36. The largest absolute Gasteiger partial charge is 0.462 e. The number of rotatable bonds is 2. The zero-order chi connectivity index (χ0) is 18.0. The fourth-order valence-corrected chi connectivity index (χ4v) is 6.02. The van der Waals surface area contributed by atoms with Crippen LogP contribution in [0.2, 0.25) is 0 Å². The number of esters is 2. The molecule has 0 aromatic heterocycles. The van der Waals surface area contributed by atoms with Crippen LogP contribution >= 0.6 is 0 Å². The highest BCUT2D eigenvalue weighted by molar-refractivity contribution is 5.67. The van der Waals surface area contributed by atoms with E-state index in [4.69, 9.17) is 9.47 Å². The van der Waals surface area contributed by atoms with E-state index in [1.54, 1.807) is 0 Å². The molecule has 6 atom stereocenters. The number of ether oxygens (including phenoxy) is 2. The molecule has 0 radical (unpaired) electrons. The van der Waals surface area contributed by atoms with E-state index in [9.17, 15) is 14.7 Å². The predicted octanol–water partition coefficient (Wildman–Crippen LogP) is 2.61. The normalized spacial score (nSPS) is 42.7. The molecule has 3 aliphatic rings. The molecule has 0 heterocycles. The third kappa shape index (κ3) is 2.03. The summed E-state index contributed by atoms with van der Waals surface area (Å²) >= 11 is 0. The summed E-state index contributed by atoms with van der Waals surface area (Å²) in [6.45, 7) is 11.3. The van der Waals surface area contributed by atoms with Crippen molar-refractivity contribution in [1.82, 2.24) is 0 Å². The van der Waals surface area contributed by atoms with Crippen molar-refractivity contribution in [2.24, 2.45) is 22.7 Å². The molecule has 0 aromatic carbocycles. The number of fused-ring (bicyclic) bond motifs is 1. The van der Waals surface area contributed by atoms with Crippen molar-refractivity contribution in [2.75, 3.05) is 0 Å². The first-order valence-electron chi connectivity index (χ1n) is 8.77. The van der Waals surface area contributed by atoms with E-state index < -0.39 is 6.10 Å². The Labute approximate surface area is 143 Å². The van der Waals surface area contributed by atoms with Gasteiger partial charge in [-0.05, 0) is 42.2 Å². The minimum absolute atomic E-state index is 0.0429. The van der Waals surface area contributed by atoms with E-state index in [-0.39, 0.29) is 46.8 Å². The molecule has 0 saturated heterocycles. The van der Waals surface area contributed by atoms with Crippen molar-refractivity contribution in [2.45, 2.75) is 72.7 Å². The fraction of sp³-hybridized carbons (Fsp3) is 0.789. The lowest BCUT2D eigenvalue weighted by atomic mass is 9.52. The van der Waals surface area contributed by atoms with Crippen LogP contribution in [-0.2, 0) is 19.1 Å². The Morgan fingerprint density at radius 3 is 2.29 bits per heavy atom. The maximum absolute atomic E-state index is 11.5. The highest BCUT2D eigenvalue weighted by Crippen LogP contribution is 2.73. The van der Waals surface area contributed by atoms with Crippen LogP contribution in [0.15, 0.2) is 11.1 Å². The van der Waals surface area contributed by atoms with Gasteiger partial charge in [0.1, 0.15) is 12.2 Å². The van der Waals surface area contributed by atoms with Crippen molar-refractivity contribution >= 4 is 11.9 Å². The van der Waals surface area contributed by atoms with Crippen LogP contribution in [0, 0.1) is 22.7 Å². The highest BCUT2D eigenvalue weighted by atomic mass is 16.5. The summed E-state index contributed by atoms with van der Waals surface area (Å²) in [6.07, 6.45) is 0.254. The number of hydrogen-bond donors (Lipinski definition) is 1. The van der Waals surface area contributed by atoms with Crippen LogP contribution in [0.25, 0.3) is 0 Å². The molecule has 2 bridgehead atoms. The summed E-state index contributed by atoms with van der Waals surface area (Å²) < 4.78 is 11.1. The minimum atomic E-state index is -0.566. The number of aliphatic hydroxyl groups excluding tert-OH is 1. The standard InChI is InChI=1S/C19H28O5/c1-9-15(24-12(4)21)8-19-10(2)14(23-11(3)20)7-13(18(19,5)6)17(22)16(9)19/h10,13-15,17,22H,7-8H2,1-6H3/t10-,13-,14+,15+,17+,19+/m1/s1. The molecule has 5 nitrogen and oxygen atoms in total. The van der Waals surface area contributed by atoms with Crippen LogP contribution in [0.4, 0.5) is 0 Å². The third-order valence-corrected chi connectivity index (χ3v) is 7.10. The molecule has 0 unspecified atom stereocenters. The zero-order valence-electron chi connectivity index (χ0n) is 15.4. The van der Waals surface area contributed by atoms with Crippen molar-refractivity contribution in [3.63, 3.8) is 0 Å². The molecule has 2 fully saturated rings. The number of aliphatic hydroxyl groups is 1. The molecule has 2 saturated carbocycles. The second kappa shape index (κ2) is 5.32. The molecule has 24 heavy (non-hydrogen) atoms. The summed E-state index contributed by atoms with van der Waals surface area (Å²) in [5.41, 5.74) is 1.54. The second-order valence-corrected chi connectivity index (χ2v) is 8.32. The lowest BCUT2D eigenvalue weighted by Crippen LogP contribution is -2.52. The van der Waals surface area contributed by atoms with Crippen molar-refractivity contribution in [1.29, 1.82) is 0 Å². The Kier molecular flexibility index (Phi) is 3.87. The van der Waals surface area contributed by atoms with Gasteiger partial charge in [-0.1, -0.05) is 20.8 Å². The van der Waals surface area contributed by atoms with Gasteiger partial charge >= 0.3 is 11.9 Å². The molecule has 3 rings (SSSR count). The molecule has 3 aliphatic carbocycles. The first kappa shape index (κ1) is 17.5. The fourth-order valence-electron chi connectivity index (χ4n) is 6.02. The van der Waals surface area contributed by atoms with E-state index >= 15 is 0 Å². The van der Waals surface area contributed by atoms with Gasteiger partial charge in [-0.2, -0.15) is 0 Å². The van der Waals surface area contributed by atoms with Crippen molar-refractivity contribution in [3.8, 4) is 0 Å². The topological polar surface area (TPSA) is 72.8 Å². The molecular weight excluding hydrogens is 308 g/mol. The van der Waals surface area contributed by atoms with Crippen LogP contribution in [-0.4, -0.2) is 35.4 Å². The monoisotopic (exact) mass is 336 g/mol. The van der Waals surface area contributed by atoms with Crippen LogP contribution in [0.3, 0.4) is 0 Å². The zero-order valence-corrected chi connectivity index (χ0v) is 15.4. The smallest absolute Gasteiger partial charge is 0.303 e. The van der Waals surface area contributed by atoms with E-state index in [0.717, 1.165) is 11.1 Å². The first-order valence-corrected chi connectivity index (χ1v) is 8.77. The SMILES string of the molecule is CC(=O)O[C@H]1C[C@@]23C(=C1C)[C@@H](O)[C@@H](C[C@H](OC(C)=O)[C@H]2C)C3(C)C. The van der Waals surface area contributed by atoms with E-state index in [2.05, 4.69) is 20.8 Å². The van der Waals surface area contributed by atoms with Gasteiger partial charge in [0.05, 0.1) is 6.10 Å². The number of hydrogen-bond acceptors (Lipinski definition) is 5. The third-order valence-electron chi connectivity index (χ3n) is 7.10. The average Bonchev–Trinajstić information content (AvgIpc) is 2.77. The van der Waals surface area contributed by atoms with Gasteiger partial charge in [-0.3, -0.25) is 9.59 Å². The molecule has 134 valence electrons. The summed E-state index contributed by atoms with van der Waals surface area (Å²) in [6, 6.07) is 0. The number of carbonyl (C=O) groups is 2. The Balaban J connectivity index is 2.10. The summed E-state index contributed by atoms with van der Waals surface area (Å²) in [7, 11) is 0. The second-order valence-electron chi connectivity index (χ2n) is 8.32. The molecule has 1 N–H and O–H groups in total. The van der Waals surface area contributed by atoms with Crippen molar-refractivity contribution in [3.05, 3.63) is 11.1 Å². The van der Waals surface area contributed by atoms with Crippen LogP contribution < -0.4 is 0 Å². The quantitative estimate of drug-likeness (QED) is 0.620. The van der Waals surface area contributed by atoms with Crippen molar-refractivity contribution < 1.29 is 24.2 Å². The van der Waals surface area contributed by atoms with Gasteiger partial charge in [0, 0.05) is 25.2 Å². The van der Waals surface area contributed by atoms with Gasteiger partial charge < -0.3 is 14.6 Å². The lowest BCUT2D eigenvalue weighted by Gasteiger charge is -2.53. The molecule has 5 heteroatoms. The maximum atomic E-state index is 11.5. The molecule has 0 aliphatic heterocycles. The van der Waals surface area contributed by atoms with Crippen LogP contribution in [0.5, 0.6) is 0 Å². The maximum Gasteiger partial charge on any atom is 0.303 e. The Morgan fingerprint density at radius 1 is 1.17 bits per heavy atom. The van der Waals surface area contributed by atoms with E-state index in [0.29, 0.717) is 12.8 Å². The lowest BCUT2D eigenvalue weighted by molar-refractivity contribution is -0.166. The van der Waals surface area contributed by atoms with Gasteiger partial charge in [0.2, 0.25) is 0 Å². The van der Waals surface area contributed by atoms with Gasteiger partial charge in [0.25, 0.3) is 0 Å². The predicted molar refractivity (Wildman–Crippen MR) is 87.9 cm³/mol. The van der Waals surface area contributed by atoms with Gasteiger partial charge in [0.15, 0.2) is 0 Å². The Morgan fingerprint density at radius 2 is 1.75 bits per heavy atom. The molecular formula is C19H28O5. The summed E-state index contributed by atoms with van der Waals surface area (Å²) in [5, 5.41) is 11.1. The van der Waals surface area contributed by atoms with E-state index in [1.165, 1.54) is 13.8 Å². The summed E-state index contributed by atoms with van der Waals surface area (Å²) in [4.78, 5) is 23.0. The van der Waals surface area contributed by atoms with E-state index in [1.807, 2.05) is 6.92 Å². The average molecular weight is 336 g/mol. The molecule has 1 spiro atoms. The highest BCUT2D eigenvalue weighted by Gasteiger charge is 2.71. The number of carbonyl (C=O) groups excluding carboxylic acids is 2. The molecule has 0 aromatic rings. The molecule has 0 amide bonds. The Bertz CT molecular complexity index is 619. The van der Waals surface area contributed by atoms with Gasteiger partial charge in [-0.25, -0.2) is 0 Å².